The molecule has 0 saturated heterocycles. The number of Topliss-reactive ketones (excluding diaryl/α,β-unsaturated/α-hetero) is 1. The molecule has 0 unspecified atom stereocenters. The smallest absolute Gasteiger partial charge is 0.176 e. The maximum atomic E-state index is 12.4. The van der Waals surface area contributed by atoms with E-state index in [-0.39, 0.29) is 5.78 Å². The van der Waals surface area contributed by atoms with E-state index >= 15 is 0 Å². The van der Waals surface area contributed by atoms with Gasteiger partial charge in [0.15, 0.2) is 5.78 Å². The van der Waals surface area contributed by atoms with Crippen molar-refractivity contribution < 1.29 is 4.79 Å². The average Bonchev–Trinajstić information content (AvgIpc) is 2.44. The van der Waals surface area contributed by atoms with Crippen LogP contribution in [0, 0.1) is 17.2 Å². The highest BCUT2D eigenvalue weighted by Gasteiger charge is 2.14. The van der Waals surface area contributed by atoms with Gasteiger partial charge in [-0.2, -0.15) is 5.26 Å². The zero-order chi connectivity index (χ0) is 15.8. The summed E-state index contributed by atoms with van der Waals surface area (Å²) in [6.45, 7) is 10.4. The van der Waals surface area contributed by atoms with E-state index in [1.165, 1.54) is 5.56 Å². The molecule has 0 aliphatic carbocycles. The second-order valence-corrected chi connectivity index (χ2v) is 6.24. The molecule has 3 nitrogen and oxygen atoms in total. The highest BCUT2D eigenvalue weighted by molar-refractivity contribution is 5.97. The second-order valence-electron chi connectivity index (χ2n) is 6.24. The molecule has 0 saturated carbocycles. The third kappa shape index (κ3) is 6.10. The molecule has 0 bridgehead atoms. The van der Waals surface area contributed by atoms with Crippen LogP contribution in [0.4, 0.5) is 0 Å². The third-order valence-electron chi connectivity index (χ3n) is 3.43. The molecule has 0 aromatic heterocycles. The SMILES string of the molecule is CC(C)CN(CCC#N)CC(=O)c1ccc(C(C)C)cc1. The van der Waals surface area contributed by atoms with Crippen LogP contribution < -0.4 is 0 Å². The summed E-state index contributed by atoms with van der Waals surface area (Å²) in [5.74, 6) is 1.09. The van der Waals surface area contributed by atoms with Crippen molar-refractivity contribution in [3.8, 4) is 6.07 Å². The van der Waals surface area contributed by atoms with Gasteiger partial charge in [0, 0.05) is 25.1 Å². The molecule has 0 N–H and O–H groups in total. The zero-order valence-electron chi connectivity index (χ0n) is 13.6. The van der Waals surface area contributed by atoms with Crippen LogP contribution in [0.25, 0.3) is 0 Å². The molecule has 0 amide bonds. The summed E-state index contributed by atoms with van der Waals surface area (Å²) in [4.78, 5) is 14.4. The number of hydrogen-bond acceptors (Lipinski definition) is 3. The van der Waals surface area contributed by atoms with Gasteiger partial charge >= 0.3 is 0 Å². The first kappa shape index (κ1) is 17.4. The molecule has 0 aliphatic heterocycles. The Labute approximate surface area is 128 Å². The predicted octanol–water partition coefficient (Wildman–Crippen LogP) is 3.86. The van der Waals surface area contributed by atoms with Crippen molar-refractivity contribution in [1.82, 2.24) is 4.90 Å². The van der Waals surface area contributed by atoms with Gasteiger partial charge in [0.1, 0.15) is 0 Å². The summed E-state index contributed by atoms with van der Waals surface area (Å²) in [6, 6.07) is 10.0. The molecular formula is C18H26N2O. The maximum absolute atomic E-state index is 12.4. The fourth-order valence-electron chi connectivity index (χ4n) is 2.31. The molecule has 0 atom stereocenters. The van der Waals surface area contributed by atoms with Crippen LogP contribution in [0.5, 0.6) is 0 Å². The fraction of sp³-hybridized carbons (Fsp3) is 0.556. The van der Waals surface area contributed by atoms with E-state index in [1.807, 2.05) is 24.3 Å². The van der Waals surface area contributed by atoms with Gasteiger partial charge in [-0.05, 0) is 17.4 Å². The number of nitrogens with zero attached hydrogens (tertiary/aromatic N) is 2. The lowest BCUT2D eigenvalue weighted by atomic mass is 10.0. The fourth-order valence-corrected chi connectivity index (χ4v) is 2.31. The predicted molar refractivity (Wildman–Crippen MR) is 86.4 cm³/mol. The maximum Gasteiger partial charge on any atom is 0.176 e. The van der Waals surface area contributed by atoms with Gasteiger partial charge in [0.2, 0.25) is 0 Å². The lowest BCUT2D eigenvalue weighted by molar-refractivity contribution is 0.0924. The Bertz CT molecular complexity index is 483. The quantitative estimate of drug-likeness (QED) is 0.681. The molecule has 1 aromatic rings. The number of carbonyl (C=O) groups excluding carboxylic acids is 1. The van der Waals surface area contributed by atoms with E-state index in [2.05, 4.69) is 38.7 Å². The van der Waals surface area contributed by atoms with Crippen LogP contribution >= 0.6 is 0 Å². The molecule has 0 spiro atoms. The second kappa shape index (κ2) is 8.59. The van der Waals surface area contributed by atoms with Crippen LogP contribution in [-0.4, -0.2) is 30.3 Å². The molecule has 1 rings (SSSR count). The van der Waals surface area contributed by atoms with Gasteiger partial charge < -0.3 is 0 Å². The van der Waals surface area contributed by atoms with Gasteiger partial charge in [-0.3, -0.25) is 9.69 Å². The molecule has 0 heterocycles. The molecule has 114 valence electrons. The Morgan fingerprint density at radius 2 is 1.81 bits per heavy atom. The Kier molecular flexibility index (Phi) is 7.11. The monoisotopic (exact) mass is 286 g/mol. The Balaban J connectivity index is 2.69. The standard InChI is InChI=1S/C18H26N2O/c1-14(2)12-20(11-5-10-19)13-18(21)17-8-6-16(7-9-17)15(3)4/h6-9,14-15H,5,11-13H2,1-4H3. The minimum atomic E-state index is 0.129. The van der Waals surface area contributed by atoms with Gasteiger partial charge in [0.25, 0.3) is 0 Å². The Hall–Kier alpha value is -1.66. The van der Waals surface area contributed by atoms with E-state index in [0.717, 1.165) is 12.1 Å². The third-order valence-corrected chi connectivity index (χ3v) is 3.43. The van der Waals surface area contributed by atoms with Crippen molar-refractivity contribution in [2.75, 3.05) is 19.6 Å². The lowest BCUT2D eigenvalue weighted by Gasteiger charge is -2.22. The average molecular weight is 286 g/mol. The summed E-state index contributed by atoms with van der Waals surface area (Å²) in [5.41, 5.74) is 2.00. The van der Waals surface area contributed by atoms with E-state index in [0.29, 0.717) is 31.3 Å². The summed E-state index contributed by atoms with van der Waals surface area (Å²) in [5, 5.41) is 8.72. The van der Waals surface area contributed by atoms with Crippen molar-refractivity contribution in [3.63, 3.8) is 0 Å². The van der Waals surface area contributed by atoms with Crippen LogP contribution in [0.15, 0.2) is 24.3 Å². The Morgan fingerprint density at radius 3 is 2.29 bits per heavy atom. The van der Waals surface area contributed by atoms with Crippen molar-refractivity contribution >= 4 is 5.78 Å². The highest BCUT2D eigenvalue weighted by Crippen LogP contribution is 2.15. The molecule has 1 aromatic carbocycles. The molecule has 21 heavy (non-hydrogen) atoms. The van der Waals surface area contributed by atoms with E-state index in [1.54, 1.807) is 0 Å². The molecule has 0 aliphatic rings. The van der Waals surface area contributed by atoms with Crippen molar-refractivity contribution in [1.29, 1.82) is 5.26 Å². The molecule has 0 fully saturated rings. The molecule has 0 radical (unpaired) electrons. The first-order chi connectivity index (χ1) is 9.93. The van der Waals surface area contributed by atoms with Crippen LogP contribution in [-0.2, 0) is 0 Å². The first-order valence-corrected chi connectivity index (χ1v) is 7.66. The number of ketones is 1. The summed E-state index contributed by atoms with van der Waals surface area (Å²) in [7, 11) is 0. The largest absolute Gasteiger partial charge is 0.295 e. The van der Waals surface area contributed by atoms with Gasteiger partial charge in [0.05, 0.1) is 12.6 Å². The number of nitriles is 1. The van der Waals surface area contributed by atoms with Gasteiger partial charge in [-0.25, -0.2) is 0 Å². The van der Waals surface area contributed by atoms with Crippen LogP contribution in [0.1, 0.15) is 56.0 Å². The van der Waals surface area contributed by atoms with Crippen molar-refractivity contribution in [2.24, 2.45) is 5.92 Å². The minimum Gasteiger partial charge on any atom is -0.295 e. The number of hydrogen-bond donors (Lipinski definition) is 0. The minimum absolute atomic E-state index is 0.129. The number of rotatable bonds is 8. The zero-order valence-corrected chi connectivity index (χ0v) is 13.6. The van der Waals surface area contributed by atoms with Gasteiger partial charge in [-0.15, -0.1) is 0 Å². The van der Waals surface area contributed by atoms with E-state index < -0.39 is 0 Å². The van der Waals surface area contributed by atoms with Crippen molar-refractivity contribution in [2.45, 2.75) is 40.0 Å². The van der Waals surface area contributed by atoms with Crippen LogP contribution in [0.3, 0.4) is 0 Å². The number of carbonyl (C=O) groups is 1. The Morgan fingerprint density at radius 1 is 1.19 bits per heavy atom. The normalized spacial score (nSPS) is 11.1. The molecule has 3 heteroatoms. The summed E-state index contributed by atoms with van der Waals surface area (Å²) < 4.78 is 0. The van der Waals surface area contributed by atoms with Crippen LogP contribution in [0.2, 0.25) is 0 Å². The topological polar surface area (TPSA) is 44.1 Å². The lowest BCUT2D eigenvalue weighted by Crippen LogP contribution is -2.33. The summed E-state index contributed by atoms with van der Waals surface area (Å²) in [6.07, 6.45) is 0.465. The van der Waals surface area contributed by atoms with Gasteiger partial charge in [-0.1, -0.05) is 52.0 Å². The van der Waals surface area contributed by atoms with E-state index in [4.69, 9.17) is 5.26 Å². The van der Waals surface area contributed by atoms with Crippen molar-refractivity contribution in [3.05, 3.63) is 35.4 Å². The summed E-state index contributed by atoms with van der Waals surface area (Å²) >= 11 is 0. The van der Waals surface area contributed by atoms with E-state index in [9.17, 15) is 4.79 Å². The number of benzene rings is 1. The first-order valence-electron chi connectivity index (χ1n) is 7.66. The molecular weight excluding hydrogens is 260 g/mol. The highest BCUT2D eigenvalue weighted by atomic mass is 16.1.